The molecule has 1 aliphatic rings. The molecule has 1 aliphatic carbocycles. The summed E-state index contributed by atoms with van der Waals surface area (Å²) in [5.41, 5.74) is 1.56. The van der Waals surface area contributed by atoms with Crippen LogP contribution < -0.4 is 10.1 Å². The zero-order valence-electron chi connectivity index (χ0n) is 12.7. The molecule has 0 spiro atoms. The minimum Gasteiger partial charge on any atom is -0.489 e. The van der Waals surface area contributed by atoms with E-state index in [0.717, 1.165) is 24.8 Å². The molecule has 106 valence electrons. The lowest BCUT2D eigenvalue weighted by molar-refractivity contribution is 0.193. The molecule has 2 rings (SSSR count). The molecule has 2 heteroatoms. The Labute approximate surface area is 117 Å². The summed E-state index contributed by atoms with van der Waals surface area (Å²) in [5.74, 6) is 0.984. The summed E-state index contributed by atoms with van der Waals surface area (Å²) in [6.45, 7) is 9.84. The van der Waals surface area contributed by atoms with Crippen molar-refractivity contribution in [2.24, 2.45) is 0 Å². The Bertz CT molecular complexity index is 387. The minimum absolute atomic E-state index is 0.205. The van der Waals surface area contributed by atoms with Crippen LogP contribution in [0.1, 0.15) is 52.5 Å². The van der Waals surface area contributed by atoms with Gasteiger partial charge in [-0.1, -0.05) is 39.8 Å². The Balaban J connectivity index is 1.89. The zero-order chi connectivity index (χ0) is 13.9. The molecule has 0 heterocycles. The van der Waals surface area contributed by atoms with E-state index in [0.29, 0.717) is 0 Å². The van der Waals surface area contributed by atoms with Crippen molar-refractivity contribution in [3.63, 3.8) is 0 Å². The molecule has 0 bridgehead atoms. The highest BCUT2D eigenvalue weighted by atomic mass is 16.5. The first kappa shape index (κ1) is 14.4. The maximum absolute atomic E-state index is 6.05. The Hall–Kier alpha value is -1.02. The van der Waals surface area contributed by atoms with Crippen LogP contribution in [0, 0.1) is 0 Å². The maximum Gasteiger partial charge on any atom is 0.119 e. The summed E-state index contributed by atoms with van der Waals surface area (Å²) in [6.07, 6.45) is 3.98. The fraction of sp³-hybridized carbons (Fsp3) is 0.647. The van der Waals surface area contributed by atoms with Crippen molar-refractivity contribution in [3.05, 3.63) is 29.8 Å². The van der Waals surface area contributed by atoms with E-state index in [1.165, 1.54) is 18.4 Å². The molecule has 19 heavy (non-hydrogen) atoms. The minimum atomic E-state index is 0.205. The summed E-state index contributed by atoms with van der Waals surface area (Å²) in [5, 5.41) is 3.54. The molecule has 2 nitrogen and oxygen atoms in total. The summed E-state index contributed by atoms with van der Waals surface area (Å²) < 4.78 is 6.05. The van der Waals surface area contributed by atoms with Gasteiger partial charge in [0.25, 0.3) is 0 Å². The number of nitrogens with one attached hydrogen (secondary N) is 1. The van der Waals surface area contributed by atoms with Gasteiger partial charge in [-0.25, -0.2) is 0 Å². The van der Waals surface area contributed by atoms with E-state index in [9.17, 15) is 0 Å². The monoisotopic (exact) mass is 261 g/mol. The Kier molecular flexibility index (Phi) is 4.51. The number of hydrogen-bond donors (Lipinski definition) is 1. The standard InChI is InChI=1S/C17H27NO/c1-5-15(12-18-14-8-9-14)19-16-10-6-13(7-11-16)17(2,3)4/h6-7,10-11,14-15,18H,5,8-9,12H2,1-4H3. The number of ether oxygens (including phenoxy) is 1. The van der Waals surface area contributed by atoms with Crippen LogP contribution >= 0.6 is 0 Å². The molecule has 0 aromatic heterocycles. The van der Waals surface area contributed by atoms with Crippen LogP contribution in [-0.2, 0) is 5.41 Å². The molecule has 1 unspecified atom stereocenters. The summed E-state index contributed by atoms with van der Waals surface area (Å²) in [6, 6.07) is 9.30. The summed E-state index contributed by atoms with van der Waals surface area (Å²) in [7, 11) is 0. The first-order valence-electron chi connectivity index (χ1n) is 7.49. The molecule has 1 aromatic rings. The van der Waals surface area contributed by atoms with E-state index < -0.39 is 0 Å². The van der Waals surface area contributed by atoms with E-state index in [4.69, 9.17) is 4.74 Å². The number of hydrogen-bond acceptors (Lipinski definition) is 2. The summed E-state index contributed by atoms with van der Waals surface area (Å²) >= 11 is 0. The first-order valence-corrected chi connectivity index (χ1v) is 7.49. The third kappa shape index (κ3) is 4.54. The van der Waals surface area contributed by atoms with Gasteiger partial charge in [-0.05, 0) is 42.4 Å². The van der Waals surface area contributed by atoms with E-state index in [2.05, 4.69) is 57.3 Å². The molecular formula is C17H27NO. The average Bonchev–Trinajstić information content (AvgIpc) is 3.18. The van der Waals surface area contributed by atoms with Crippen LogP contribution in [0.4, 0.5) is 0 Å². The van der Waals surface area contributed by atoms with E-state index in [-0.39, 0.29) is 11.5 Å². The molecular weight excluding hydrogens is 234 g/mol. The van der Waals surface area contributed by atoms with Crippen LogP contribution in [0.25, 0.3) is 0 Å². The molecule has 0 aliphatic heterocycles. The Morgan fingerprint density at radius 2 is 1.84 bits per heavy atom. The smallest absolute Gasteiger partial charge is 0.119 e. The van der Waals surface area contributed by atoms with E-state index in [1.807, 2.05) is 0 Å². The van der Waals surface area contributed by atoms with E-state index >= 15 is 0 Å². The maximum atomic E-state index is 6.05. The van der Waals surface area contributed by atoms with Crippen molar-refractivity contribution in [3.8, 4) is 5.75 Å². The van der Waals surface area contributed by atoms with Crippen LogP contribution in [0.2, 0.25) is 0 Å². The van der Waals surface area contributed by atoms with Crippen LogP contribution in [0.5, 0.6) is 5.75 Å². The second-order valence-electron chi connectivity index (χ2n) is 6.61. The predicted octanol–water partition coefficient (Wildman–Crippen LogP) is 3.89. The van der Waals surface area contributed by atoms with Gasteiger partial charge >= 0.3 is 0 Å². The van der Waals surface area contributed by atoms with Crippen molar-refractivity contribution in [2.45, 2.75) is 64.5 Å². The average molecular weight is 261 g/mol. The van der Waals surface area contributed by atoms with Gasteiger partial charge in [0.05, 0.1) is 0 Å². The highest BCUT2D eigenvalue weighted by Crippen LogP contribution is 2.25. The topological polar surface area (TPSA) is 21.3 Å². The van der Waals surface area contributed by atoms with Gasteiger partial charge in [0, 0.05) is 12.6 Å². The highest BCUT2D eigenvalue weighted by molar-refractivity contribution is 5.31. The van der Waals surface area contributed by atoms with Crippen molar-refractivity contribution in [1.82, 2.24) is 5.32 Å². The predicted molar refractivity (Wildman–Crippen MR) is 80.9 cm³/mol. The largest absolute Gasteiger partial charge is 0.489 e. The fourth-order valence-electron chi connectivity index (χ4n) is 2.08. The first-order chi connectivity index (χ1) is 8.99. The third-order valence-corrected chi connectivity index (χ3v) is 3.69. The van der Waals surface area contributed by atoms with Crippen molar-refractivity contribution < 1.29 is 4.74 Å². The van der Waals surface area contributed by atoms with E-state index in [1.54, 1.807) is 0 Å². The molecule has 1 fully saturated rings. The Morgan fingerprint density at radius 1 is 1.21 bits per heavy atom. The lowest BCUT2D eigenvalue weighted by atomic mass is 9.87. The molecule has 1 atom stereocenters. The van der Waals surface area contributed by atoms with Crippen molar-refractivity contribution in [2.75, 3.05) is 6.54 Å². The van der Waals surface area contributed by atoms with Gasteiger partial charge in [-0.3, -0.25) is 0 Å². The molecule has 0 radical (unpaired) electrons. The number of rotatable bonds is 6. The lowest BCUT2D eigenvalue weighted by Gasteiger charge is -2.21. The SMILES string of the molecule is CCC(CNC1CC1)Oc1ccc(C(C)(C)C)cc1. The second kappa shape index (κ2) is 5.96. The molecule has 1 aromatic carbocycles. The molecule has 0 amide bonds. The quantitative estimate of drug-likeness (QED) is 0.838. The second-order valence-corrected chi connectivity index (χ2v) is 6.61. The van der Waals surface area contributed by atoms with Gasteiger partial charge in [0.2, 0.25) is 0 Å². The van der Waals surface area contributed by atoms with Crippen LogP contribution in [0.15, 0.2) is 24.3 Å². The lowest BCUT2D eigenvalue weighted by Crippen LogP contribution is -2.32. The van der Waals surface area contributed by atoms with Gasteiger partial charge in [0.15, 0.2) is 0 Å². The van der Waals surface area contributed by atoms with Crippen LogP contribution in [-0.4, -0.2) is 18.7 Å². The van der Waals surface area contributed by atoms with Gasteiger partial charge in [-0.15, -0.1) is 0 Å². The third-order valence-electron chi connectivity index (χ3n) is 3.69. The molecule has 0 saturated heterocycles. The van der Waals surface area contributed by atoms with Gasteiger partial charge < -0.3 is 10.1 Å². The molecule has 1 N–H and O–H groups in total. The van der Waals surface area contributed by atoms with Crippen molar-refractivity contribution >= 4 is 0 Å². The zero-order valence-corrected chi connectivity index (χ0v) is 12.7. The fourth-order valence-corrected chi connectivity index (χ4v) is 2.08. The highest BCUT2D eigenvalue weighted by Gasteiger charge is 2.22. The summed E-state index contributed by atoms with van der Waals surface area (Å²) in [4.78, 5) is 0. The Morgan fingerprint density at radius 3 is 2.32 bits per heavy atom. The van der Waals surface area contributed by atoms with Crippen molar-refractivity contribution in [1.29, 1.82) is 0 Å². The normalized spacial score (nSPS) is 17.3. The van der Waals surface area contributed by atoms with Gasteiger partial charge in [-0.2, -0.15) is 0 Å². The van der Waals surface area contributed by atoms with Crippen LogP contribution in [0.3, 0.4) is 0 Å². The van der Waals surface area contributed by atoms with Gasteiger partial charge in [0.1, 0.15) is 11.9 Å². The molecule has 1 saturated carbocycles. The number of benzene rings is 1.